The minimum Gasteiger partial charge on any atom is -0.505 e. The van der Waals surface area contributed by atoms with Gasteiger partial charge in [-0.1, -0.05) is 77.3 Å². The molecule has 2 N–H and O–H groups in total. The molecule has 1 aliphatic rings. The van der Waals surface area contributed by atoms with E-state index < -0.39 is 0 Å². The number of Topliss-reactive ketones (excluding diaryl/α,β-unsaturated/α-hetero) is 1. The third-order valence-corrected chi connectivity index (χ3v) is 6.96. The second kappa shape index (κ2) is 11.5. The SMILES string of the molecule is CCCCCCCc1ccc2c(c1)C(=O)C(c1[nH]c3ccc(CCCCCCC)cc3c1O)=N2. The van der Waals surface area contributed by atoms with Gasteiger partial charge in [-0.2, -0.15) is 0 Å². The number of fused-ring (bicyclic) bond motifs is 2. The second-order valence-electron chi connectivity index (χ2n) is 9.70. The van der Waals surface area contributed by atoms with Crippen LogP contribution in [0.1, 0.15) is 105 Å². The number of aromatic hydroxyl groups is 1. The standard InChI is InChI=1S/C30H38N2O2/c1-3-5-7-9-11-13-21-15-17-25-23(19-21)29(33)27(31-25)28-30(34)24-20-22(16-18-26(24)32-28)14-12-10-8-6-4-2/h15-20,31,33H,3-14H2,1-2H3. The Bertz CT molecular complexity index is 1170. The van der Waals surface area contributed by atoms with Gasteiger partial charge < -0.3 is 10.1 Å². The van der Waals surface area contributed by atoms with Crippen molar-refractivity contribution in [1.29, 1.82) is 0 Å². The van der Waals surface area contributed by atoms with Gasteiger partial charge in [-0.05, 0) is 61.1 Å². The van der Waals surface area contributed by atoms with Crippen molar-refractivity contribution in [3.63, 3.8) is 0 Å². The zero-order chi connectivity index (χ0) is 23.9. The van der Waals surface area contributed by atoms with Gasteiger partial charge in [0.05, 0.1) is 11.3 Å². The number of aromatic nitrogens is 1. The van der Waals surface area contributed by atoms with Crippen molar-refractivity contribution in [3.05, 3.63) is 58.8 Å². The molecule has 0 unspecified atom stereocenters. The molecule has 0 radical (unpaired) electrons. The lowest BCUT2D eigenvalue weighted by atomic mass is 10.00. The van der Waals surface area contributed by atoms with Crippen LogP contribution < -0.4 is 0 Å². The van der Waals surface area contributed by atoms with Gasteiger partial charge in [-0.15, -0.1) is 0 Å². The number of hydrogen-bond donors (Lipinski definition) is 2. The van der Waals surface area contributed by atoms with Crippen molar-refractivity contribution in [2.75, 3.05) is 0 Å². The molecule has 4 heteroatoms. The molecule has 0 aliphatic carbocycles. The molecule has 0 atom stereocenters. The molecule has 180 valence electrons. The summed E-state index contributed by atoms with van der Waals surface area (Å²) < 4.78 is 0. The van der Waals surface area contributed by atoms with Crippen molar-refractivity contribution < 1.29 is 9.90 Å². The molecule has 4 nitrogen and oxygen atoms in total. The minimum atomic E-state index is -0.110. The van der Waals surface area contributed by atoms with E-state index in [-0.39, 0.29) is 11.5 Å². The Morgan fingerprint density at radius 1 is 0.794 bits per heavy atom. The van der Waals surface area contributed by atoms with Crippen LogP contribution in [-0.4, -0.2) is 21.6 Å². The Hall–Kier alpha value is -2.88. The van der Waals surface area contributed by atoms with E-state index in [0.717, 1.165) is 36.6 Å². The predicted molar refractivity (Wildman–Crippen MR) is 142 cm³/mol. The van der Waals surface area contributed by atoms with Gasteiger partial charge in [0.1, 0.15) is 11.4 Å². The van der Waals surface area contributed by atoms with Crippen LogP contribution in [0.4, 0.5) is 5.69 Å². The molecule has 0 bridgehead atoms. The van der Waals surface area contributed by atoms with Crippen LogP contribution in [0.5, 0.6) is 5.75 Å². The Morgan fingerprint density at radius 3 is 2.09 bits per heavy atom. The first-order valence-electron chi connectivity index (χ1n) is 13.2. The van der Waals surface area contributed by atoms with Gasteiger partial charge in [-0.25, -0.2) is 4.99 Å². The molecule has 3 aromatic rings. The Labute approximate surface area is 203 Å². The normalized spacial score (nSPS) is 13.0. The summed E-state index contributed by atoms with van der Waals surface area (Å²) in [7, 11) is 0. The maximum atomic E-state index is 13.2. The Kier molecular flexibility index (Phi) is 8.21. The van der Waals surface area contributed by atoms with E-state index in [9.17, 15) is 9.90 Å². The number of aromatic amines is 1. The number of carbonyl (C=O) groups is 1. The van der Waals surface area contributed by atoms with E-state index >= 15 is 0 Å². The van der Waals surface area contributed by atoms with Gasteiger partial charge in [0, 0.05) is 10.9 Å². The largest absolute Gasteiger partial charge is 0.505 e. The molecular weight excluding hydrogens is 420 g/mol. The number of benzene rings is 2. The number of nitrogens with one attached hydrogen (secondary N) is 1. The first-order chi connectivity index (χ1) is 16.6. The van der Waals surface area contributed by atoms with Crippen molar-refractivity contribution in [3.8, 4) is 5.75 Å². The van der Waals surface area contributed by atoms with E-state index in [1.165, 1.54) is 62.5 Å². The molecule has 0 saturated heterocycles. The lowest BCUT2D eigenvalue weighted by molar-refractivity contribution is 0.106. The number of H-pyrrole nitrogens is 1. The van der Waals surface area contributed by atoms with Crippen LogP contribution in [0, 0.1) is 0 Å². The molecule has 0 fully saturated rings. The topological polar surface area (TPSA) is 65.5 Å². The number of aliphatic imine (C=N–C) groups is 1. The van der Waals surface area contributed by atoms with E-state index in [1.807, 2.05) is 24.3 Å². The predicted octanol–water partition coefficient (Wildman–Crippen LogP) is 8.22. The van der Waals surface area contributed by atoms with Crippen LogP contribution in [0.25, 0.3) is 10.9 Å². The molecule has 4 rings (SSSR count). The highest BCUT2D eigenvalue weighted by Gasteiger charge is 2.29. The molecule has 2 heterocycles. The van der Waals surface area contributed by atoms with Crippen LogP contribution in [0.3, 0.4) is 0 Å². The molecule has 34 heavy (non-hydrogen) atoms. The zero-order valence-electron chi connectivity index (χ0n) is 20.8. The fourth-order valence-electron chi connectivity index (χ4n) is 4.90. The monoisotopic (exact) mass is 458 g/mol. The highest BCUT2D eigenvalue weighted by Crippen LogP contribution is 2.36. The van der Waals surface area contributed by atoms with Crippen LogP contribution in [0.15, 0.2) is 41.4 Å². The van der Waals surface area contributed by atoms with Crippen molar-refractivity contribution >= 4 is 28.1 Å². The van der Waals surface area contributed by atoms with Gasteiger partial charge in [0.15, 0.2) is 5.75 Å². The van der Waals surface area contributed by atoms with Crippen molar-refractivity contribution in [2.45, 2.75) is 90.9 Å². The first-order valence-corrected chi connectivity index (χ1v) is 13.2. The number of carbonyl (C=O) groups excluding carboxylic acids is 1. The van der Waals surface area contributed by atoms with Gasteiger partial charge in [0.25, 0.3) is 0 Å². The maximum Gasteiger partial charge on any atom is 0.215 e. The first kappa shape index (κ1) is 24.3. The van der Waals surface area contributed by atoms with Gasteiger partial charge >= 0.3 is 0 Å². The molecule has 1 aromatic heterocycles. The van der Waals surface area contributed by atoms with Crippen LogP contribution in [-0.2, 0) is 12.8 Å². The van der Waals surface area contributed by atoms with E-state index in [1.54, 1.807) is 0 Å². The summed E-state index contributed by atoms with van der Waals surface area (Å²) in [6.45, 7) is 4.45. The summed E-state index contributed by atoms with van der Waals surface area (Å²) in [5.74, 6) is 0.0136. The third-order valence-electron chi connectivity index (χ3n) is 6.96. The smallest absolute Gasteiger partial charge is 0.215 e. The molecule has 0 amide bonds. The number of ketones is 1. The second-order valence-corrected chi connectivity index (χ2v) is 9.70. The van der Waals surface area contributed by atoms with Crippen molar-refractivity contribution in [2.24, 2.45) is 4.99 Å². The number of nitrogens with zero attached hydrogens (tertiary/aromatic N) is 1. The average molecular weight is 459 g/mol. The zero-order valence-corrected chi connectivity index (χ0v) is 20.8. The van der Waals surface area contributed by atoms with Crippen LogP contribution >= 0.6 is 0 Å². The summed E-state index contributed by atoms with van der Waals surface area (Å²) in [5.41, 5.74) is 5.32. The fourth-order valence-corrected chi connectivity index (χ4v) is 4.90. The molecular formula is C30H38N2O2. The average Bonchev–Trinajstić information content (AvgIpc) is 3.35. The molecule has 0 spiro atoms. The number of rotatable bonds is 13. The van der Waals surface area contributed by atoms with Gasteiger partial charge in [0.2, 0.25) is 5.78 Å². The Morgan fingerprint density at radius 2 is 1.41 bits per heavy atom. The third kappa shape index (κ3) is 5.43. The summed E-state index contributed by atoms with van der Waals surface area (Å²) in [6, 6.07) is 12.2. The van der Waals surface area contributed by atoms with Crippen LogP contribution in [0.2, 0.25) is 0 Å². The van der Waals surface area contributed by atoms with Crippen molar-refractivity contribution in [1.82, 2.24) is 4.98 Å². The highest BCUT2D eigenvalue weighted by atomic mass is 16.3. The minimum absolute atomic E-state index is 0.110. The summed E-state index contributed by atoms with van der Waals surface area (Å²) in [5, 5.41) is 11.8. The molecule has 1 aliphatic heterocycles. The van der Waals surface area contributed by atoms with E-state index in [4.69, 9.17) is 0 Å². The molecule has 2 aromatic carbocycles. The lowest BCUT2D eigenvalue weighted by Crippen LogP contribution is -2.11. The lowest BCUT2D eigenvalue weighted by Gasteiger charge is -2.04. The number of aryl methyl sites for hydroxylation is 2. The summed E-state index contributed by atoms with van der Waals surface area (Å²) >= 11 is 0. The Balaban J connectivity index is 1.46. The molecule has 0 saturated carbocycles. The summed E-state index contributed by atoms with van der Waals surface area (Å²) in [6.07, 6.45) is 14.4. The number of hydrogen-bond acceptors (Lipinski definition) is 3. The van der Waals surface area contributed by atoms with Gasteiger partial charge in [-0.3, -0.25) is 4.79 Å². The van der Waals surface area contributed by atoms with E-state index in [0.29, 0.717) is 22.7 Å². The highest BCUT2D eigenvalue weighted by molar-refractivity contribution is 6.55. The maximum absolute atomic E-state index is 13.2. The van der Waals surface area contributed by atoms with E-state index in [2.05, 4.69) is 36.0 Å². The summed E-state index contributed by atoms with van der Waals surface area (Å²) in [4.78, 5) is 21.1. The fraction of sp³-hybridized carbons (Fsp3) is 0.467. The number of unbranched alkanes of at least 4 members (excludes halogenated alkanes) is 8. The quantitative estimate of drug-likeness (QED) is 0.253.